The maximum Gasteiger partial charge on any atom is 0.329 e. The summed E-state index contributed by atoms with van der Waals surface area (Å²) in [6.45, 7) is 5.58. The lowest BCUT2D eigenvalue weighted by atomic mass is 10.0. The number of anilines is 1. The highest BCUT2D eigenvalue weighted by molar-refractivity contribution is 5.91. The average Bonchev–Trinajstić information content (AvgIpc) is 3.67. The Labute approximate surface area is 229 Å². The molecule has 204 valence electrons. The van der Waals surface area contributed by atoms with E-state index in [9.17, 15) is 9.59 Å². The molecule has 4 heterocycles. The molecule has 2 amide bonds. The van der Waals surface area contributed by atoms with Crippen LogP contribution in [0, 0.1) is 6.92 Å². The van der Waals surface area contributed by atoms with Gasteiger partial charge in [0, 0.05) is 45.0 Å². The lowest BCUT2D eigenvalue weighted by Crippen LogP contribution is -2.51. The number of rotatable bonds is 5. The molecule has 1 aliphatic heterocycles. The van der Waals surface area contributed by atoms with Crippen LogP contribution in [0.25, 0.3) is 22.7 Å². The van der Waals surface area contributed by atoms with Gasteiger partial charge in [-0.15, -0.1) is 10.2 Å². The lowest BCUT2D eigenvalue weighted by Gasteiger charge is -2.38. The number of nitrogens with zero attached hydrogens (tertiary/aromatic N) is 9. The number of oxazole rings is 1. The van der Waals surface area contributed by atoms with Crippen molar-refractivity contribution >= 4 is 28.7 Å². The number of tetrazole rings is 1. The fourth-order valence-electron chi connectivity index (χ4n) is 4.98. The number of imidazole rings is 1. The second-order valence-electron chi connectivity index (χ2n) is 9.68. The van der Waals surface area contributed by atoms with E-state index in [1.54, 1.807) is 38.4 Å². The van der Waals surface area contributed by atoms with Gasteiger partial charge in [0.2, 0.25) is 11.8 Å². The van der Waals surface area contributed by atoms with E-state index in [-0.39, 0.29) is 18.0 Å². The summed E-state index contributed by atoms with van der Waals surface area (Å²) in [4.78, 5) is 39.5. The summed E-state index contributed by atoms with van der Waals surface area (Å²) < 4.78 is 7.41. The van der Waals surface area contributed by atoms with Crippen LogP contribution in [-0.4, -0.2) is 82.7 Å². The van der Waals surface area contributed by atoms with E-state index < -0.39 is 0 Å². The van der Waals surface area contributed by atoms with Crippen LogP contribution in [0.2, 0.25) is 0 Å². The first kappa shape index (κ1) is 25.4. The minimum atomic E-state index is -0.169. The topological polar surface area (TPSA) is 140 Å². The van der Waals surface area contributed by atoms with Crippen LogP contribution in [0.3, 0.4) is 0 Å². The zero-order valence-electron chi connectivity index (χ0n) is 22.4. The molecule has 40 heavy (non-hydrogen) atoms. The highest BCUT2D eigenvalue weighted by Crippen LogP contribution is 2.28. The third-order valence-electron chi connectivity index (χ3n) is 6.85. The predicted molar refractivity (Wildman–Crippen MR) is 145 cm³/mol. The molecule has 0 aliphatic carbocycles. The van der Waals surface area contributed by atoms with Gasteiger partial charge in [0.1, 0.15) is 17.0 Å². The molecule has 0 bridgehead atoms. The third kappa shape index (κ3) is 4.94. The molecule has 13 heteroatoms. The van der Waals surface area contributed by atoms with Crippen molar-refractivity contribution in [2.75, 3.05) is 31.5 Å². The first-order valence-corrected chi connectivity index (χ1v) is 12.9. The van der Waals surface area contributed by atoms with E-state index in [1.807, 2.05) is 23.1 Å². The Morgan fingerprint density at radius 2 is 1.80 bits per heavy atom. The number of fused-ring (bicyclic) bond motifs is 1. The molecular formula is C27H28N10O3. The van der Waals surface area contributed by atoms with Gasteiger partial charge >= 0.3 is 6.03 Å². The molecule has 5 aromatic rings. The number of hydrogen-bond donors (Lipinski definition) is 1. The molecule has 1 saturated heterocycles. The summed E-state index contributed by atoms with van der Waals surface area (Å²) in [7, 11) is 1.75. The van der Waals surface area contributed by atoms with Crippen molar-refractivity contribution in [2.24, 2.45) is 7.05 Å². The highest BCUT2D eigenvalue weighted by atomic mass is 16.3. The number of nitrogens with one attached hydrogen (secondary N) is 1. The molecule has 0 saturated carbocycles. The molecular weight excluding hydrogens is 512 g/mol. The quantitative estimate of drug-likeness (QED) is 0.356. The molecule has 6 rings (SSSR count). The molecule has 0 spiro atoms. The normalized spacial score (nSPS) is 14.9. The number of benzene rings is 2. The minimum Gasteiger partial charge on any atom is -0.435 e. The number of aromatic nitrogens is 7. The molecule has 1 fully saturated rings. The van der Waals surface area contributed by atoms with Gasteiger partial charge < -0.3 is 14.6 Å². The van der Waals surface area contributed by atoms with Gasteiger partial charge in [-0.25, -0.2) is 14.8 Å². The van der Waals surface area contributed by atoms with E-state index >= 15 is 0 Å². The van der Waals surface area contributed by atoms with Crippen LogP contribution >= 0.6 is 0 Å². The van der Waals surface area contributed by atoms with Gasteiger partial charge in [-0.2, -0.15) is 4.80 Å². The Bertz CT molecular complexity index is 1680. The predicted octanol–water partition coefficient (Wildman–Crippen LogP) is 2.86. The van der Waals surface area contributed by atoms with E-state index in [4.69, 9.17) is 4.42 Å². The van der Waals surface area contributed by atoms with Crippen LogP contribution in [0.15, 0.2) is 59.1 Å². The summed E-state index contributed by atoms with van der Waals surface area (Å²) in [5, 5.41) is 15.5. The molecule has 0 radical (unpaired) electrons. The Balaban J connectivity index is 1.18. The fraction of sp³-hybridized carbons (Fsp3) is 0.296. The lowest BCUT2D eigenvalue weighted by molar-refractivity contribution is -0.114. The van der Waals surface area contributed by atoms with Crippen molar-refractivity contribution in [1.29, 1.82) is 0 Å². The monoisotopic (exact) mass is 540 g/mol. The van der Waals surface area contributed by atoms with Crippen LogP contribution in [0.5, 0.6) is 0 Å². The van der Waals surface area contributed by atoms with E-state index in [0.717, 1.165) is 5.56 Å². The number of carbonyl (C=O) groups excluding carboxylic acids is 2. The van der Waals surface area contributed by atoms with E-state index in [2.05, 4.69) is 47.7 Å². The molecule has 1 aliphatic rings. The van der Waals surface area contributed by atoms with Gasteiger partial charge in [-0.05, 0) is 35.9 Å². The minimum absolute atomic E-state index is 0.154. The Kier molecular flexibility index (Phi) is 6.56. The van der Waals surface area contributed by atoms with Crippen molar-refractivity contribution in [3.8, 4) is 11.6 Å². The standard InChI is InChI=1S/C27H28N10O3/c1-17-28-22(26-30-21-15-20(29-18(2)38)9-10-23(21)40-26)16-37(17)27(39)36-13-11-35(12-14-36)24(19-7-5-4-6-8-19)25-31-33-34(3)32-25/h4-10,15-16,24H,11-14H2,1-3H3,(H,29,38). The van der Waals surface area contributed by atoms with Crippen molar-refractivity contribution in [3.05, 3.63) is 71.9 Å². The second-order valence-corrected chi connectivity index (χ2v) is 9.68. The molecule has 1 atom stereocenters. The van der Waals surface area contributed by atoms with Gasteiger partial charge in [-0.3, -0.25) is 14.3 Å². The summed E-state index contributed by atoms with van der Waals surface area (Å²) in [5.41, 5.74) is 3.30. The molecule has 1 unspecified atom stereocenters. The summed E-state index contributed by atoms with van der Waals surface area (Å²) >= 11 is 0. The smallest absolute Gasteiger partial charge is 0.329 e. The van der Waals surface area contributed by atoms with Crippen LogP contribution in [0.4, 0.5) is 10.5 Å². The van der Waals surface area contributed by atoms with E-state index in [1.165, 1.54) is 16.3 Å². The molecule has 2 aromatic carbocycles. The molecule has 1 N–H and O–H groups in total. The Morgan fingerprint density at radius 1 is 1.02 bits per heavy atom. The van der Waals surface area contributed by atoms with Gasteiger partial charge in [-0.1, -0.05) is 30.3 Å². The number of aryl methyl sites for hydroxylation is 2. The van der Waals surface area contributed by atoms with Gasteiger partial charge in [0.15, 0.2) is 11.4 Å². The first-order chi connectivity index (χ1) is 19.4. The molecule has 13 nitrogen and oxygen atoms in total. The van der Waals surface area contributed by atoms with Crippen molar-refractivity contribution in [1.82, 2.24) is 44.5 Å². The summed E-state index contributed by atoms with van der Waals surface area (Å²) in [5.74, 6) is 1.30. The average molecular weight is 541 g/mol. The zero-order valence-corrected chi connectivity index (χ0v) is 22.4. The SMILES string of the molecule is CC(=O)Nc1ccc2oc(-c3cn(C(=O)N4CCN(C(c5ccccc5)c5nnn(C)n5)CC4)c(C)n3)nc2c1. The number of amides is 2. The largest absolute Gasteiger partial charge is 0.435 e. The second kappa shape index (κ2) is 10.3. The third-order valence-corrected chi connectivity index (χ3v) is 6.85. The van der Waals surface area contributed by atoms with Crippen molar-refractivity contribution < 1.29 is 14.0 Å². The van der Waals surface area contributed by atoms with Crippen molar-refractivity contribution in [2.45, 2.75) is 19.9 Å². The maximum atomic E-state index is 13.5. The van der Waals surface area contributed by atoms with Gasteiger partial charge in [0.05, 0.1) is 13.1 Å². The molecule has 3 aromatic heterocycles. The van der Waals surface area contributed by atoms with E-state index in [0.29, 0.717) is 66.2 Å². The number of carbonyl (C=O) groups is 2. The van der Waals surface area contributed by atoms with Crippen LogP contribution < -0.4 is 5.32 Å². The van der Waals surface area contributed by atoms with Crippen molar-refractivity contribution in [3.63, 3.8) is 0 Å². The van der Waals surface area contributed by atoms with Gasteiger partial charge in [0.25, 0.3) is 0 Å². The summed E-state index contributed by atoms with van der Waals surface area (Å²) in [6.07, 6.45) is 1.65. The number of piperazine rings is 1. The Hall–Kier alpha value is -4.91. The first-order valence-electron chi connectivity index (χ1n) is 12.9. The fourth-order valence-corrected chi connectivity index (χ4v) is 4.98. The Morgan fingerprint density at radius 3 is 2.50 bits per heavy atom. The number of hydrogen-bond acceptors (Lipinski definition) is 9. The summed E-state index contributed by atoms with van der Waals surface area (Å²) in [6, 6.07) is 15.0. The van der Waals surface area contributed by atoms with Crippen LogP contribution in [-0.2, 0) is 11.8 Å². The highest BCUT2D eigenvalue weighted by Gasteiger charge is 2.32. The maximum absolute atomic E-state index is 13.5. The zero-order chi connectivity index (χ0) is 27.8. The van der Waals surface area contributed by atoms with Crippen LogP contribution in [0.1, 0.15) is 30.2 Å².